The SMILES string of the molecule is CS(=O)(=O)c1ccc(C(Br)(I)C(=O)I)cc1. The summed E-state index contributed by atoms with van der Waals surface area (Å²) in [5.41, 5.74) is 0.722. The maximum Gasteiger partial charge on any atom is 0.223 e. The Bertz CT molecular complexity index is 508. The smallest absolute Gasteiger partial charge is 0.223 e. The molecule has 0 aromatic heterocycles. The second-order valence-corrected chi connectivity index (χ2v) is 10.4. The molecule has 0 saturated heterocycles. The van der Waals surface area contributed by atoms with Gasteiger partial charge in [0.2, 0.25) is 3.79 Å². The fourth-order valence-corrected chi connectivity index (χ4v) is 2.59. The third-order valence-electron chi connectivity index (χ3n) is 1.89. The van der Waals surface area contributed by atoms with E-state index in [-0.39, 0.29) is 8.69 Å². The van der Waals surface area contributed by atoms with Crippen molar-refractivity contribution in [1.82, 2.24) is 0 Å². The van der Waals surface area contributed by atoms with Crippen molar-refractivity contribution in [1.29, 1.82) is 0 Å². The first-order chi connectivity index (χ1) is 7.15. The van der Waals surface area contributed by atoms with Gasteiger partial charge in [-0.15, -0.1) is 0 Å². The van der Waals surface area contributed by atoms with Gasteiger partial charge in [0.15, 0.2) is 12.2 Å². The molecule has 1 aromatic carbocycles. The van der Waals surface area contributed by atoms with Crippen LogP contribution in [0.3, 0.4) is 0 Å². The molecule has 1 aromatic rings. The minimum atomic E-state index is -3.19. The van der Waals surface area contributed by atoms with Crippen LogP contribution in [0.2, 0.25) is 0 Å². The van der Waals surface area contributed by atoms with Crippen LogP contribution < -0.4 is 0 Å². The van der Waals surface area contributed by atoms with Crippen LogP contribution in [0.1, 0.15) is 5.56 Å². The maximum absolute atomic E-state index is 11.4. The fraction of sp³-hybridized carbons (Fsp3) is 0.222. The van der Waals surface area contributed by atoms with Crippen molar-refractivity contribution in [2.45, 2.75) is 7.23 Å². The lowest BCUT2D eigenvalue weighted by atomic mass is 10.2. The molecule has 0 N–H and O–H groups in total. The van der Waals surface area contributed by atoms with Gasteiger partial charge in [0, 0.05) is 28.8 Å². The molecule has 0 aliphatic heterocycles. The number of benzene rings is 1. The van der Waals surface area contributed by atoms with E-state index in [1.807, 2.05) is 22.6 Å². The Morgan fingerprint density at radius 2 is 1.75 bits per heavy atom. The summed E-state index contributed by atoms with van der Waals surface area (Å²) >= 11 is 6.99. The Kier molecular flexibility index (Phi) is 4.81. The van der Waals surface area contributed by atoms with Crippen LogP contribution in [-0.2, 0) is 17.0 Å². The molecule has 0 amide bonds. The zero-order valence-corrected chi connectivity index (χ0v) is 14.8. The second kappa shape index (κ2) is 5.19. The third kappa shape index (κ3) is 3.39. The van der Waals surface area contributed by atoms with Crippen LogP contribution in [0.5, 0.6) is 0 Å². The highest BCUT2D eigenvalue weighted by molar-refractivity contribution is 14.1. The van der Waals surface area contributed by atoms with Gasteiger partial charge in [-0.25, -0.2) is 8.42 Å². The predicted octanol–water partition coefficient (Wildman–Crippen LogP) is 3.03. The molecule has 1 atom stereocenters. The molecule has 0 spiro atoms. The van der Waals surface area contributed by atoms with E-state index in [4.69, 9.17) is 0 Å². The summed E-state index contributed by atoms with van der Waals surface area (Å²) in [6.07, 6.45) is 1.15. The van der Waals surface area contributed by atoms with Crippen LogP contribution in [0.25, 0.3) is 0 Å². The highest BCUT2D eigenvalue weighted by Gasteiger charge is 2.32. The minimum Gasteiger partial charge on any atom is -0.285 e. The predicted molar refractivity (Wildman–Crippen MR) is 83.2 cm³/mol. The van der Waals surface area contributed by atoms with Gasteiger partial charge in [0.1, 0.15) is 0 Å². The average Bonchev–Trinajstić information content (AvgIpc) is 2.16. The van der Waals surface area contributed by atoms with Gasteiger partial charge in [-0.1, -0.05) is 50.7 Å². The molecule has 1 rings (SSSR count). The van der Waals surface area contributed by atoms with Crippen LogP contribution in [0, 0.1) is 0 Å². The van der Waals surface area contributed by atoms with E-state index in [1.54, 1.807) is 34.7 Å². The molecular weight excluding hydrogens is 522 g/mol. The summed E-state index contributed by atoms with van der Waals surface area (Å²) in [4.78, 5) is 11.6. The van der Waals surface area contributed by atoms with Crippen LogP contribution >= 0.6 is 61.1 Å². The van der Waals surface area contributed by atoms with Gasteiger partial charge < -0.3 is 0 Å². The monoisotopic (exact) mass is 528 g/mol. The molecule has 0 heterocycles. The molecule has 0 aliphatic carbocycles. The number of alkyl halides is 2. The molecule has 0 aliphatic rings. The Morgan fingerprint density at radius 1 is 1.31 bits per heavy atom. The van der Waals surface area contributed by atoms with Gasteiger partial charge in [-0.3, -0.25) is 4.79 Å². The van der Waals surface area contributed by atoms with Gasteiger partial charge in [0.05, 0.1) is 4.90 Å². The third-order valence-corrected chi connectivity index (χ3v) is 7.53. The molecular formula is C9H7BrI2O3S. The first-order valence-electron chi connectivity index (χ1n) is 4.04. The first-order valence-corrected chi connectivity index (χ1v) is 8.88. The summed E-state index contributed by atoms with van der Waals surface area (Å²) in [6.45, 7) is 0. The number of carbonyl (C=O) groups is 1. The summed E-state index contributed by atoms with van der Waals surface area (Å²) in [5.74, 6) is 0. The lowest BCUT2D eigenvalue weighted by Crippen LogP contribution is -2.16. The number of hydrogen-bond donors (Lipinski definition) is 0. The van der Waals surface area contributed by atoms with E-state index in [2.05, 4.69) is 15.9 Å². The number of carbonyl (C=O) groups excluding carboxylic acids is 1. The van der Waals surface area contributed by atoms with E-state index < -0.39 is 12.2 Å². The molecule has 7 heteroatoms. The standard InChI is InChI=1S/C9H7BrI2O3S/c1-16(14,15)7-4-2-6(3-5-7)9(10,12)8(11)13/h2-5H,1H3. The Labute approximate surface area is 130 Å². The van der Waals surface area contributed by atoms with Crippen molar-refractivity contribution >= 4 is 74.7 Å². The molecule has 3 nitrogen and oxygen atoms in total. The number of rotatable bonds is 3. The summed E-state index contributed by atoms with van der Waals surface area (Å²) < 4.78 is 21.6. The van der Waals surface area contributed by atoms with Crippen molar-refractivity contribution in [3.05, 3.63) is 29.8 Å². The Morgan fingerprint density at radius 3 is 2.06 bits per heavy atom. The molecule has 1 unspecified atom stereocenters. The van der Waals surface area contributed by atoms with E-state index in [0.717, 1.165) is 11.8 Å². The minimum absolute atomic E-state index is 0.0715. The molecule has 0 bridgehead atoms. The summed E-state index contributed by atoms with van der Waals surface area (Å²) in [6, 6.07) is 6.26. The zero-order chi connectivity index (χ0) is 12.6. The summed E-state index contributed by atoms with van der Waals surface area (Å²) in [7, 11) is -3.19. The van der Waals surface area contributed by atoms with Crippen LogP contribution in [0.4, 0.5) is 0 Å². The van der Waals surface area contributed by atoms with Gasteiger partial charge in [-0.05, 0) is 17.7 Å². The largest absolute Gasteiger partial charge is 0.285 e. The van der Waals surface area contributed by atoms with Crippen LogP contribution in [0.15, 0.2) is 29.2 Å². The molecule has 0 fully saturated rings. The highest BCUT2D eigenvalue weighted by Crippen LogP contribution is 2.41. The average molecular weight is 529 g/mol. The van der Waals surface area contributed by atoms with Gasteiger partial charge in [-0.2, -0.15) is 0 Å². The van der Waals surface area contributed by atoms with Crippen molar-refractivity contribution in [3.63, 3.8) is 0 Å². The highest BCUT2D eigenvalue weighted by atomic mass is 127. The quantitative estimate of drug-likeness (QED) is 0.344. The van der Waals surface area contributed by atoms with E-state index in [9.17, 15) is 13.2 Å². The number of hydrogen-bond acceptors (Lipinski definition) is 3. The van der Waals surface area contributed by atoms with E-state index >= 15 is 0 Å². The zero-order valence-electron chi connectivity index (χ0n) is 8.08. The Hall–Kier alpha value is 0.780. The summed E-state index contributed by atoms with van der Waals surface area (Å²) in [5, 5.41) is 0. The van der Waals surface area contributed by atoms with E-state index in [0.29, 0.717) is 0 Å². The van der Waals surface area contributed by atoms with Crippen LogP contribution in [-0.4, -0.2) is 18.5 Å². The lowest BCUT2D eigenvalue weighted by molar-refractivity contribution is -0.109. The maximum atomic E-state index is 11.4. The molecule has 0 radical (unpaired) electrons. The molecule has 88 valence electrons. The number of sulfone groups is 1. The van der Waals surface area contributed by atoms with E-state index in [1.165, 1.54) is 12.1 Å². The first kappa shape index (κ1) is 14.8. The van der Waals surface area contributed by atoms with Gasteiger partial charge >= 0.3 is 0 Å². The van der Waals surface area contributed by atoms with Crippen molar-refractivity contribution in [2.24, 2.45) is 0 Å². The second-order valence-electron chi connectivity index (χ2n) is 3.14. The molecule has 16 heavy (non-hydrogen) atoms. The topological polar surface area (TPSA) is 51.2 Å². The lowest BCUT2D eigenvalue weighted by Gasteiger charge is -2.16. The van der Waals surface area contributed by atoms with Crippen molar-refractivity contribution in [3.8, 4) is 0 Å². The Balaban J connectivity index is 3.19. The normalized spacial score (nSPS) is 15.5. The molecule has 0 saturated carbocycles. The van der Waals surface area contributed by atoms with Gasteiger partial charge in [0.25, 0.3) is 0 Å². The van der Waals surface area contributed by atoms with Crippen molar-refractivity contribution in [2.75, 3.05) is 6.26 Å². The number of halogens is 3. The van der Waals surface area contributed by atoms with Crippen molar-refractivity contribution < 1.29 is 13.2 Å². The fourth-order valence-electron chi connectivity index (χ4n) is 1.02.